The smallest absolute Gasteiger partial charge is 0.0000992 e. The Morgan fingerprint density at radius 3 is 1.10 bits per heavy atom. The van der Waals surface area contributed by atoms with Gasteiger partial charge in [-0.15, -0.1) is 6.39 Å². The summed E-state index contributed by atoms with van der Waals surface area (Å²) < 4.78 is 0. The van der Waals surface area contributed by atoms with Gasteiger partial charge in [0.15, 0.2) is 0 Å². The van der Waals surface area contributed by atoms with E-state index in [1.54, 1.807) is 0 Å². The second kappa shape index (κ2) is 4.51. The highest BCUT2D eigenvalue weighted by Crippen LogP contribution is 1.86. The Bertz CT molecular complexity index is 61.0. The fourth-order valence-electron chi connectivity index (χ4n) is 0.513. The molecule has 0 atom stereocenters. The van der Waals surface area contributed by atoms with Crippen molar-refractivity contribution < 1.29 is 0 Å². The summed E-state index contributed by atoms with van der Waals surface area (Å²) in [4.78, 5) is 0. The molecule has 0 aliphatic heterocycles. The van der Waals surface area contributed by atoms with Crippen molar-refractivity contribution >= 4 is 72.0 Å². The fraction of sp³-hybridized carbons (Fsp3) is 0. The summed E-state index contributed by atoms with van der Waals surface area (Å²) in [5, 5.41) is 0. The molecule has 0 aromatic carbocycles. The molecule has 0 spiro atoms. The van der Waals surface area contributed by atoms with Crippen LogP contribution in [0.2, 0.25) is 0 Å². The van der Waals surface area contributed by atoms with Crippen molar-refractivity contribution in [3.05, 3.63) is 0 Å². The molecule has 10 heteroatoms. The molecule has 0 saturated carbocycles. The third-order valence-corrected chi connectivity index (χ3v) is 1.11. The van der Waals surface area contributed by atoms with E-state index in [2.05, 4.69) is 0 Å². The van der Waals surface area contributed by atoms with Crippen molar-refractivity contribution in [1.82, 2.24) is 0 Å². The molecule has 0 fully saturated rings. The van der Waals surface area contributed by atoms with Gasteiger partial charge in [-0.3, -0.25) is 0 Å². The molecule has 0 amide bonds. The van der Waals surface area contributed by atoms with Gasteiger partial charge in [0.2, 0.25) is 0 Å². The number of rotatable bonds is 3. The Morgan fingerprint density at radius 2 is 1.10 bits per heavy atom. The van der Waals surface area contributed by atoms with Gasteiger partial charge >= 0.3 is 0 Å². The summed E-state index contributed by atoms with van der Waals surface area (Å²) in [7, 11) is 27.3. The first-order chi connectivity index (χ1) is 4.46. The molecule has 10 heavy (non-hydrogen) atoms. The number of hydrogen-bond acceptors (Lipinski definition) is 0. The van der Waals surface area contributed by atoms with Crippen LogP contribution in [0.15, 0.2) is 0 Å². The second-order valence-corrected chi connectivity index (χ2v) is 1.92. The molecule has 0 aliphatic carbocycles. The van der Waals surface area contributed by atoms with E-state index in [0.29, 0.717) is 0 Å². The largest absolute Gasteiger partial charge is 0.128 e. The van der Waals surface area contributed by atoms with Gasteiger partial charge < -0.3 is 0 Å². The SMILES string of the molecule is [B]B([B])B(B([B])[B])B([B])[BH3-]. The zero-order valence-corrected chi connectivity index (χ0v) is 5.20. The van der Waals surface area contributed by atoms with Gasteiger partial charge in [0.05, 0.1) is 0 Å². The minimum absolute atomic E-state index is 0.0246. The Hall–Kier alpha value is 0.649. The van der Waals surface area contributed by atoms with Crippen LogP contribution in [0.25, 0.3) is 0 Å². The van der Waals surface area contributed by atoms with E-state index in [1.807, 2.05) is 0 Å². The summed E-state index contributed by atoms with van der Waals surface area (Å²) in [6.45, 7) is 0. The van der Waals surface area contributed by atoms with E-state index in [4.69, 9.17) is 38.7 Å². The van der Waals surface area contributed by atoms with Crippen LogP contribution in [0, 0.1) is 0 Å². The van der Waals surface area contributed by atoms with Gasteiger partial charge in [-0.25, -0.2) is 0 Å². The first-order valence-corrected chi connectivity index (χ1v) is 2.67. The van der Waals surface area contributed by atoms with E-state index < -0.39 is 12.8 Å². The van der Waals surface area contributed by atoms with Crippen molar-refractivity contribution in [3.63, 3.8) is 0 Å². The monoisotopic (exact) mass is 113 g/mol. The molecule has 10 radical (unpaired) electrons. The lowest BCUT2D eigenvalue weighted by Gasteiger charge is -2.27. The van der Waals surface area contributed by atoms with E-state index in [-0.39, 0.29) is 20.5 Å². The van der Waals surface area contributed by atoms with Crippen LogP contribution in [-0.2, 0) is 0 Å². The van der Waals surface area contributed by atoms with Crippen LogP contribution < -0.4 is 0 Å². The van der Waals surface area contributed by atoms with Crippen LogP contribution in [0.3, 0.4) is 0 Å². The lowest BCUT2D eigenvalue weighted by atomic mass is 8.58. The molecule has 0 rings (SSSR count). The van der Waals surface area contributed by atoms with Gasteiger partial charge in [0, 0.05) is 0 Å². The first-order valence-electron chi connectivity index (χ1n) is 2.67. The van der Waals surface area contributed by atoms with Crippen LogP contribution in [-0.4, -0.2) is 72.0 Å². The maximum Gasteiger partial charge on any atom is -0.0000992 e. The lowest BCUT2D eigenvalue weighted by Crippen LogP contribution is -2.62. The average molecular weight is 111 g/mol. The van der Waals surface area contributed by atoms with Gasteiger partial charge in [-0.2, -0.15) is 0 Å². The standard InChI is InChI=1S/B10H3/c1-7(2)10(8(3)4)9(5)6/h1H3/q-1. The topological polar surface area (TPSA) is 0 Å². The van der Waals surface area contributed by atoms with Crippen molar-refractivity contribution in [2.45, 2.75) is 0 Å². The Kier molecular flexibility index (Phi) is 4.80. The summed E-state index contributed by atoms with van der Waals surface area (Å²) in [6, 6.07) is 0. The summed E-state index contributed by atoms with van der Waals surface area (Å²) in [5.74, 6) is 0. The Labute approximate surface area is 72.4 Å². The minimum Gasteiger partial charge on any atom is -0.128 e. The first kappa shape index (κ1) is 10.6. The molecule has 0 aliphatic rings. The minimum atomic E-state index is -0.479. The van der Waals surface area contributed by atoms with Crippen LogP contribution in [0.4, 0.5) is 0 Å². The predicted molar refractivity (Wildman–Crippen MR) is 61.7 cm³/mol. The van der Waals surface area contributed by atoms with Crippen LogP contribution in [0.1, 0.15) is 0 Å². The van der Waals surface area contributed by atoms with Gasteiger partial charge in [-0.1, -0.05) is 7.74 Å². The van der Waals surface area contributed by atoms with Crippen molar-refractivity contribution in [2.75, 3.05) is 0 Å². The molecular formula is H3B10-. The highest BCUT2D eigenvalue weighted by atomic mass is 13.1. The molecular weight excluding hydrogens is 108 g/mol. The highest BCUT2D eigenvalue weighted by Gasteiger charge is 2.21. The van der Waals surface area contributed by atoms with Crippen molar-refractivity contribution in [1.29, 1.82) is 0 Å². The van der Waals surface area contributed by atoms with E-state index in [0.717, 1.165) is 0 Å². The normalized spacial score (nSPS) is 8.50. The average Bonchev–Trinajstić information content (AvgIpc) is 1.59. The van der Waals surface area contributed by atoms with E-state index in [9.17, 15) is 0 Å². The zero-order chi connectivity index (χ0) is 8.31. The molecule has 0 bridgehead atoms. The quantitative estimate of drug-likeness (QED) is 0.321. The van der Waals surface area contributed by atoms with Gasteiger partial charge in [-0.05, 0) is 57.8 Å². The van der Waals surface area contributed by atoms with E-state index in [1.165, 1.54) is 0 Å². The van der Waals surface area contributed by atoms with Crippen LogP contribution >= 0.6 is 0 Å². The third kappa shape index (κ3) is 3.16. The van der Waals surface area contributed by atoms with Crippen LogP contribution in [0.5, 0.6) is 0 Å². The predicted octanol–water partition coefficient (Wildman–Crippen LogP) is -4.61. The summed E-state index contributed by atoms with van der Waals surface area (Å²) >= 11 is 0. The highest BCUT2D eigenvalue weighted by molar-refractivity contribution is 8.00. The molecule has 0 aromatic heterocycles. The maximum absolute atomic E-state index is 5.63. The maximum atomic E-state index is 5.63. The van der Waals surface area contributed by atoms with Gasteiger partial charge in [0.1, 0.15) is 0 Å². The zero-order valence-electron chi connectivity index (χ0n) is 5.20. The Balaban J connectivity index is 3.98. The molecule has 0 N–H and O–H groups in total. The number of hydrogen-bond donors (Lipinski definition) is 0. The molecule has 34 valence electrons. The Morgan fingerprint density at radius 1 is 0.800 bits per heavy atom. The van der Waals surface area contributed by atoms with Gasteiger partial charge in [0.25, 0.3) is 0 Å². The molecule has 0 unspecified atom stereocenters. The summed E-state index contributed by atoms with van der Waals surface area (Å²) in [5.41, 5.74) is 0. The fourth-order valence-corrected chi connectivity index (χ4v) is 0.513. The summed E-state index contributed by atoms with van der Waals surface area (Å²) in [6.07, 6.45) is -0.986. The third-order valence-electron chi connectivity index (χ3n) is 1.11. The molecule has 0 aromatic rings. The van der Waals surface area contributed by atoms with E-state index >= 15 is 0 Å². The van der Waals surface area contributed by atoms with Crippen molar-refractivity contribution in [3.8, 4) is 0 Å². The lowest BCUT2D eigenvalue weighted by molar-refractivity contribution is 3.52. The van der Waals surface area contributed by atoms with Crippen molar-refractivity contribution in [2.24, 2.45) is 0 Å². The molecule has 0 saturated heterocycles. The molecule has 0 nitrogen and oxygen atoms in total. The molecule has 0 heterocycles. The second-order valence-electron chi connectivity index (χ2n) is 1.92.